The topological polar surface area (TPSA) is 0 Å². The minimum absolute atomic E-state index is 0.227. The first-order chi connectivity index (χ1) is 14.6. The van der Waals surface area contributed by atoms with Crippen LogP contribution in [-0.4, -0.2) is 3.21 Å². The molecule has 1 atom stereocenters. The van der Waals surface area contributed by atoms with Crippen LogP contribution in [0.4, 0.5) is 0 Å². The molecule has 2 aromatic carbocycles. The van der Waals surface area contributed by atoms with Gasteiger partial charge in [0.05, 0.1) is 0 Å². The number of aryl methyl sites for hydroxylation is 2. The van der Waals surface area contributed by atoms with Crippen LogP contribution >= 0.6 is 0 Å². The Balaban J connectivity index is 1.90. The summed E-state index contributed by atoms with van der Waals surface area (Å²) in [5.41, 5.74) is 10.8. The van der Waals surface area contributed by atoms with Gasteiger partial charge in [-0.3, -0.25) is 0 Å². The van der Waals surface area contributed by atoms with E-state index in [-0.39, 0.29) is 5.41 Å². The third-order valence-corrected chi connectivity index (χ3v) is 15.1. The van der Waals surface area contributed by atoms with Gasteiger partial charge in [-0.15, -0.1) is 0 Å². The van der Waals surface area contributed by atoms with Crippen LogP contribution < -0.4 is 3.27 Å². The molecule has 31 heavy (non-hydrogen) atoms. The predicted octanol–water partition coefficient (Wildman–Crippen LogP) is 7.62. The molecular weight excluding hydrogens is 452 g/mol. The fraction of sp³-hybridized carbons (Fsp3) is 0.433. The second kappa shape index (κ2) is 8.55. The molecule has 0 radical (unpaired) electrons. The van der Waals surface area contributed by atoms with E-state index in [1.165, 1.54) is 40.7 Å². The van der Waals surface area contributed by atoms with Crippen LogP contribution in [0.2, 0.25) is 0 Å². The second-order valence-corrected chi connectivity index (χ2v) is 17.8. The van der Waals surface area contributed by atoms with E-state index < -0.39 is 21.3 Å². The first kappa shape index (κ1) is 22.9. The summed E-state index contributed by atoms with van der Waals surface area (Å²) in [5.74, 6) is 0.643. The van der Waals surface area contributed by atoms with Gasteiger partial charge in [-0.25, -0.2) is 0 Å². The molecule has 0 aromatic heterocycles. The van der Waals surface area contributed by atoms with Crippen molar-refractivity contribution in [3.8, 4) is 11.1 Å². The molecule has 0 fully saturated rings. The maximum atomic E-state index is 2.65. The van der Waals surface area contributed by atoms with Gasteiger partial charge in [-0.1, -0.05) is 0 Å². The molecule has 0 N–H and O–H groups in total. The van der Waals surface area contributed by atoms with E-state index in [1.54, 1.807) is 17.6 Å². The molecule has 4 rings (SSSR count). The van der Waals surface area contributed by atoms with Crippen molar-refractivity contribution in [2.75, 3.05) is 0 Å². The summed E-state index contributed by atoms with van der Waals surface area (Å²) in [6.45, 7) is 18.9. The Kier molecular flexibility index (Phi) is 6.30. The minimum atomic E-state index is -2.18. The number of hydrogen-bond acceptors (Lipinski definition) is 0. The van der Waals surface area contributed by atoms with E-state index in [1.807, 2.05) is 3.28 Å². The average Bonchev–Trinajstić information content (AvgIpc) is 3.25. The van der Waals surface area contributed by atoms with Crippen molar-refractivity contribution in [2.45, 2.75) is 74.7 Å². The third-order valence-electron chi connectivity index (χ3n) is 7.03. The molecule has 1 heteroatoms. The molecule has 0 heterocycles. The number of benzene rings is 2. The second-order valence-electron chi connectivity index (χ2n) is 10.9. The van der Waals surface area contributed by atoms with Crippen molar-refractivity contribution in [3.05, 3.63) is 73.6 Å². The van der Waals surface area contributed by atoms with E-state index in [4.69, 9.17) is 0 Å². The van der Waals surface area contributed by atoms with Crippen molar-refractivity contribution in [2.24, 2.45) is 11.3 Å². The molecule has 1 unspecified atom stereocenters. The number of rotatable bonds is 4. The first-order valence-corrected chi connectivity index (χ1v) is 15.6. The van der Waals surface area contributed by atoms with E-state index in [9.17, 15) is 0 Å². The molecule has 2 aliphatic carbocycles. The summed E-state index contributed by atoms with van der Waals surface area (Å²) in [5, 5.41) is 0. The van der Waals surface area contributed by atoms with E-state index in [0.717, 1.165) is 6.42 Å². The van der Waals surface area contributed by atoms with Crippen molar-refractivity contribution < 1.29 is 21.3 Å². The van der Waals surface area contributed by atoms with Gasteiger partial charge in [0.25, 0.3) is 0 Å². The maximum absolute atomic E-state index is 2.65. The fourth-order valence-electron chi connectivity index (χ4n) is 5.46. The van der Waals surface area contributed by atoms with Crippen molar-refractivity contribution >= 4 is 6.48 Å². The quantitative estimate of drug-likeness (QED) is 0.354. The zero-order chi connectivity index (χ0) is 22.5. The molecule has 0 aliphatic heterocycles. The molecule has 2 aliphatic rings. The van der Waals surface area contributed by atoms with E-state index in [0.29, 0.717) is 5.92 Å². The summed E-state index contributed by atoms with van der Waals surface area (Å²) < 4.78 is 5.30. The van der Waals surface area contributed by atoms with Crippen molar-refractivity contribution in [1.29, 1.82) is 0 Å². The monoisotopic (exact) mass is 488 g/mol. The Bertz CT molecular complexity index is 1130. The van der Waals surface area contributed by atoms with Gasteiger partial charge in [-0.05, 0) is 0 Å². The van der Waals surface area contributed by atoms with Crippen LogP contribution in [-0.2, 0) is 27.7 Å². The predicted molar refractivity (Wildman–Crippen MR) is 134 cm³/mol. The van der Waals surface area contributed by atoms with Gasteiger partial charge in [0.15, 0.2) is 0 Å². The van der Waals surface area contributed by atoms with Gasteiger partial charge in [-0.2, -0.15) is 0 Å². The summed E-state index contributed by atoms with van der Waals surface area (Å²) in [6, 6.07) is 11.9. The Morgan fingerprint density at radius 2 is 1.74 bits per heavy atom. The van der Waals surface area contributed by atoms with Crippen molar-refractivity contribution in [3.63, 3.8) is 0 Å². The Morgan fingerprint density at radius 3 is 2.39 bits per heavy atom. The van der Waals surface area contributed by atoms with Crippen molar-refractivity contribution in [1.82, 2.24) is 0 Å². The van der Waals surface area contributed by atoms with Gasteiger partial charge in [0.1, 0.15) is 0 Å². The van der Waals surface area contributed by atoms with Gasteiger partial charge >= 0.3 is 198 Å². The summed E-state index contributed by atoms with van der Waals surface area (Å²) in [6.07, 6.45) is 8.93. The normalized spacial score (nSPS) is 17.2. The Hall–Kier alpha value is -1.33. The third kappa shape index (κ3) is 4.20. The van der Waals surface area contributed by atoms with E-state index in [2.05, 4.69) is 97.9 Å². The van der Waals surface area contributed by atoms with Crippen LogP contribution in [0.5, 0.6) is 0 Å². The summed E-state index contributed by atoms with van der Waals surface area (Å²) in [7, 11) is 0. The van der Waals surface area contributed by atoms with Crippen LogP contribution in [0.15, 0.2) is 51.3 Å². The Morgan fingerprint density at radius 1 is 1.03 bits per heavy atom. The number of allylic oxidation sites excluding steroid dienone is 4. The van der Waals surface area contributed by atoms with Gasteiger partial charge in [0, 0.05) is 0 Å². The summed E-state index contributed by atoms with van der Waals surface area (Å²) >= 11 is -2.18. The van der Waals surface area contributed by atoms with Crippen LogP contribution in [0.25, 0.3) is 11.1 Å². The van der Waals surface area contributed by atoms with Gasteiger partial charge < -0.3 is 0 Å². The fourth-order valence-corrected chi connectivity index (χ4v) is 13.5. The van der Waals surface area contributed by atoms with Crippen LogP contribution in [0, 0.1) is 25.2 Å². The van der Waals surface area contributed by atoms with Gasteiger partial charge in [0.2, 0.25) is 0 Å². The molecule has 162 valence electrons. The molecule has 0 spiro atoms. The van der Waals surface area contributed by atoms with E-state index >= 15 is 0 Å². The molecule has 0 bridgehead atoms. The molecule has 0 nitrogen and oxygen atoms in total. The molecule has 0 amide bonds. The van der Waals surface area contributed by atoms with Crippen LogP contribution in [0.3, 0.4) is 0 Å². The molecule has 0 saturated carbocycles. The molecular formula is C30H38Zr. The SMILES string of the molecule is CCCC1C=C(C(C)(C)C)C=[C]1[Zr](=[C](C)C)[c]1c(C)ccc2c1Cc1cc(C)ccc1-2. The van der Waals surface area contributed by atoms with Crippen LogP contribution in [0.1, 0.15) is 76.6 Å². The summed E-state index contributed by atoms with van der Waals surface area (Å²) in [4.78, 5) is 0. The first-order valence-electron chi connectivity index (χ1n) is 12.0. The molecule has 0 saturated heterocycles. The zero-order valence-electron chi connectivity index (χ0n) is 20.7. The molecule has 2 aromatic rings. The zero-order valence-corrected chi connectivity index (χ0v) is 23.2. The number of fused-ring (bicyclic) bond motifs is 3. The Labute approximate surface area is 197 Å². The standard InChI is InChI=1S/C15H13.C12H19.C3H6.Zr/c1-10-3-5-14-12(7-10)9-13-8-11(2)4-6-15(13)14;1-5-6-10-7-8-11(9-10)12(2,3)4;1-3-2;/h3-7H,9H2,1-2H3;8-10H,5-6H2,1-4H3;1-2H3;. The number of hydrogen-bond donors (Lipinski definition) is 0. The average molecular weight is 490 g/mol.